The number of aromatic amines is 1. The van der Waals surface area contributed by atoms with Crippen LogP contribution >= 0.6 is 15.9 Å². The average molecular weight is 412 g/mol. The van der Waals surface area contributed by atoms with Crippen molar-refractivity contribution in [2.45, 2.75) is 6.43 Å². The lowest BCUT2D eigenvalue weighted by Crippen LogP contribution is -2.13. The van der Waals surface area contributed by atoms with Crippen LogP contribution in [0.15, 0.2) is 34.3 Å². The van der Waals surface area contributed by atoms with Crippen LogP contribution in [0, 0.1) is 11.3 Å². The van der Waals surface area contributed by atoms with E-state index in [-0.39, 0.29) is 17.0 Å². The molecule has 0 unspecified atom stereocenters. The highest BCUT2D eigenvalue weighted by Crippen LogP contribution is 2.31. The second kappa shape index (κ2) is 8.23. The summed E-state index contributed by atoms with van der Waals surface area (Å²) in [5, 5.41) is 9.81. The van der Waals surface area contributed by atoms with E-state index in [0.717, 1.165) is 0 Å². The number of H-pyrrole nitrogens is 1. The predicted molar refractivity (Wildman–Crippen MR) is 94.1 cm³/mol. The Morgan fingerprint density at radius 3 is 2.76 bits per heavy atom. The molecule has 0 amide bonds. The fourth-order valence-corrected chi connectivity index (χ4v) is 2.59. The van der Waals surface area contributed by atoms with Gasteiger partial charge in [-0.1, -0.05) is 0 Å². The van der Waals surface area contributed by atoms with E-state index >= 15 is 0 Å². The summed E-state index contributed by atoms with van der Waals surface area (Å²) in [7, 11) is 3.66. The van der Waals surface area contributed by atoms with Crippen LogP contribution in [-0.2, 0) is 0 Å². The standard InChI is InChI=1S/C17H16BrF2N3O2/c1-23(2)4-3-10(8-21)17(24)14-5-11-6-15(25-9-16(19)20)12(18)7-13(11)22-14/h3,5-7,16,22H,4,9H2,1-2H3/b10-3+. The summed E-state index contributed by atoms with van der Waals surface area (Å²) in [6.07, 6.45) is -1.02. The van der Waals surface area contributed by atoms with E-state index in [1.807, 2.05) is 25.1 Å². The minimum atomic E-state index is -2.58. The molecule has 0 saturated heterocycles. The molecule has 1 N–H and O–H groups in total. The molecule has 1 aromatic heterocycles. The topological polar surface area (TPSA) is 69.1 Å². The van der Waals surface area contributed by atoms with Crippen LogP contribution in [0.5, 0.6) is 5.75 Å². The number of benzene rings is 1. The van der Waals surface area contributed by atoms with Gasteiger partial charge < -0.3 is 14.6 Å². The monoisotopic (exact) mass is 411 g/mol. The maximum Gasteiger partial charge on any atom is 0.272 e. The van der Waals surface area contributed by atoms with Crippen molar-refractivity contribution in [3.05, 3.63) is 40.0 Å². The Labute approximate surface area is 152 Å². The molecule has 5 nitrogen and oxygen atoms in total. The normalized spacial score (nSPS) is 12.0. The summed E-state index contributed by atoms with van der Waals surface area (Å²) in [5.74, 6) is -0.166. The van der Waals surface area contributed by atoms with Crippen LogP contribution in [-0.4, -0.2) is 49.3 Å². The summed E-state index contributed by atoms with van der Waals surface area (Å²) in [6.45, 7) is -0.252. The Bertz CT molecular complexity index is 853. The van der Waals surface area contributed by atoms with Crippen molar-refractivity contribution < 1.29 is 18.3 Å². The zero-order chi connectivity index (χ0) is 18.6. The summed E-state index contributed by atoms with van der Waals surface area (Å²) in [5.41, 5.74) is 0.914. The number of rotatable bonds is 7. The number of nitriles is 1. The highest BCUT2D eigenvalue weighted by atomic mass is 79.9. The van der Waals surface area contributed by atoms with Crippen LogP contribution < -0.4 is 4.74 Å². The largest absolute Gasteiger partial charge is 0.486 e. The second-order valence-corrected chi connectivity index (χ2v) is 6.43. The number of hydrogen-bond donors (Lipinski definition) is 1. The molecule has 132 valence electrons. The van der Waals surface area contributed by atoms with Crippen molar-refractivity contribution in [3.8, 4) is 11.8 Å². The van der Waals surface area contributed by atoms with Gasteiger partial charge in [-0.05, 0) is 54.3 Å². The molecule has 1 heterocycles. The molecule has 8 heteroatoms. The number of hydrogen-bond acceptors (Lipinski definition) is 4. The molecular weight excluding hydrogens is 396 g/mol. The first-order valence-electron chi connectivity index (χ1n) is 7.34. The quantitative estimate of drug-likeness (QED) is 0.427. The van der Waals surface area contributed by atoms with E-state index in [4.69, 9.17) is 4.74 Å². The molecule has 2 rings (SSSR count). The Balaban J connectivity index is 2.32. The molecule has 0 fully saturated rings. The number of likely N-dealkylation sites (N-methyl/N-ethyl adjacent to an activating group) is 1. The van der Waals surface area contributed by atoms with E-state index in [0.29, 0.717) is 21.9 Å². The Hall–Kier alpha value is -2.24. The molecule has 0 bridgehead atoms. The van der Waals surface area contributed by atoms with Crippen molar-refractivity contribution in [1.82, 2.24) is 9.88 Å². The number of carbonyl (C=O) groups excluding carboxylic acids is 1. The van der Waals surface area contributed by atoms with Crippen LogP contribution in [0.1, 0.15) is 10.5 Å². The van der Waals surface area contributed by atoms with E-state index in [1.165, 1.54) is 0 Å². The predicted octanol–water partition coefficient (Wildman–Crippen LogP) is 3.77. The zero-order valence-corrected chi connectivity index (χ0v) is 15.2. The van der Waals surface area contributed by atoms with Crippen LogP contribution in [0.3, 0.4) is 0 Å². The second-order valence-electron chi connectivity index (χ2n) is 5.58. The first kappa shape index (κ1) is 19.1. The maximum absolute atomic E-state index is 12.5. The van der Waals surface area contributed by atoms with E-state index in [9.17, 15) is 18.8 Å². The molecule has 0 aliphatic heterocycles. The van der Waals surface area contributed by atoms with Crippen LogP contribution in [0.4, 0.5) is 8.78 Å². The van der Waals surface area contributed by atoms with Gasteiger partial charge in [-0.15, -0.1) is 0 Å². The lowest BCUT2D eigenvalue weighted by atomic mass is 10.1. The number of allylic oxidation sites excluding steroid dienone is 1. The fourth-order valence-electron chi connectivity index (χ4n) is 2.13. The SMILES string of the molecule is CN(C)C/C=C(\C#N)C(=O)c1cc2cc(OCC(F)F)c(Br)cc2[nH]1. The molecule has 0 atom stereocenters. The molecule has 0 aliphatic rings. The molecule has 2 aromatic rings. The highest BCUT2D eigenvalue weighted by molar-refractivity contribution is 9.10. The first-order valence-corrected chi connectivity index (χ1v) is 8.14. The van der Waals surface area contributed by atoms with Crippen molar-refractivity contribution in [1.29, 1.82) is 5.26 Å². The molecular formula is C17H16BrF2N3O2. The Kier molecular flexibility index (Phi) is 6.28. The van der Waals surface area contributed by atoms with Gasteiger partial charge in [0, 0.05) is 17.4 Å². The van der Waals surface area contributed by atoms with Gasteiger partial charge in [-0.25, -0.2) is 8.78 Å². The van der Waals surface area contributed by atoms with Crippen molar-refractivity contribution >= 4 is 32.6 Å². The van der Waals surface area contributed by atoms with Crippen LogP contribution in [0.25, 0.3) is 10.9 Å². The summed E-state index contributed by atoms with van der Waals surface area (Å²) < 4.78 is 30.1. The smallest absolute Gasteiger partial charge is 0.272 e. The summed E-state index contributed by atoms with van der Waals surface area (Å²) in [6, 6.07) is 6.67. The number of halogens is 3. The number of nitrogens with one attached hydrogen (secondary N) is 1. The molecule has 0 aliphatic carbocycles. The summed E-state index contributed by atoms with van der Waals surface area (Å²) in [4.78, 5) is 17.2. The Morgan fingerprint density at radius 2 is 2.16 bits per heavy atom. The van der Waals surface area contributed by atoms with Crippen molar-refractivity contribution in [2.75, 3.05) is 27.2 Å². The van der Waals surface area contributed by atoms with Gasteiger partial charge in [0.15, 0.2) is 0 Å². The number of aromatic nitrogens is 1. The number of ketones is 1. The zero-order valence-electron chi connectivity index (χ0n) is 13.6. The van der Waals surface area contributed by atoms with Gasteiger partial charge >= 0.3 is 0 Å². The number of ether oxygens (including phenoxy) is 1. The Morgan fingerprint density at radius 1 is 1.44 bits per heavy atom. The number of carbonyl (C=O) groups is 1. The third kappa shape index (κ3) is 4.87. The lowest BCUT2D eigenvalue weighted by Gasteiger charge is -2.07. The van der Waals surface area contributed by atoms with Crippen molar-refractivity contribution in [2.24, 2.45) is 0 Å². The fraction of sp³-hybridized carbons (Fsp3) is 0.294. The number of nitrogens with zero attached hydrogens (tertiary/aromatic N) is 2. The van der Waals surface area contributed by atoms with Gasteiger partial charge in [0.1, 0.15) is 18.4 Å². The molecule has 1 aromatic carbocycles. The third-order valence-corrected chi connectivity index (χ3v) is 3.93. The minimum Gasteiger partial charge on any atom is -0.486 e. The van der Waals surface area contributed by atoms with Gasteiger partial charge in [0.05, 0.1) is 15.7 Å². The van der Waals surface area contributed by atoms with Crippen molar-refractivity contribution in [3.63, 3.8) is 0 Å². The molecule has 0 spiro atoms. The van der Waals surface area contributed by atoms with E-state index in [2.05, 4.69) is 20.9 Å². The first-order chi connectivity index (χ1) is 11.8. The molecule has 25 heavy (non-hydrogen) atoms. The minimum absolute atomic E-state index is 0.0356. The number of fused-ring (bicyclic) bond motifs is 1. The van der Waals surface area contributed by atoms with Gasteiger partial charge in [-0.3, -0.25) is 4.79 Å². The van der Waals surface area contributed by atoms with E-state index in [1.54, 1.807) is 24.3 Å². The number of alkyl halides is 2. The maximum atomic E-state index is 12.5. The molecule has 0 radical (unpaired) electrons. The van der Waals surface area contributed by atoms with Gasteiger partial charge in [-0.2, -0.15) is 5.26 Å². The van der Waals surface area contributed by atoms with E-state index < -0.39 is 18.8 Å². The average Bonchev–Trinajstić information content (AvgIpc) is 2.95. The lowest BCUT2D eigenvalue weighted by molar-refractivity contribution is 0.0816. The van der Waals surface area contributed by atoms with Gasteiger partial charge in [0.2, 0.25) is 5.78 Å². The highest BCUT2D eigenvalue weighted by Gasteiger charge is 2.16. The molecule has 0 saturated carbocycles. The third-order valence-electron chi connectivity index (χ3n) is 3.31. The summed E-state index contributed by atoms with van der Waals surface area (Å²) >= 11 is 3.25. The van der Waals surface area contributed by atoms with Crippen LogP contribution in [0.2, 0.25) is 0 Å². The van der Waals surface area contributed by atoms with Gasteiger partial charge in [0.25, 0.3) is 6.43 Å². The number of Topliss-reactive ketones (excluding diaryl/α,β-unsaturated/α-hetero) is 1.